The quantitative estimate of drug-likeness (QED) is 0.864. The Hall–Kier alpha value is -1.36. The maximum atomic E-state index is 12.8. The largest absolute Gasteiger partial charge is 0.388 e. The number of aromatic nitrogens is 2. The highest BCUT2D eigenvalue weighted by Gasteiger charge is 2.40. The smallest absolute Gasteiger partial charge is 0.274 e. The van der Waals surface area contributed by atoms with Crippen LogP contribution in [0.4, 0.5) is 0 Å². The van der Waals surface area contributed by atoms with Gasteiger partial charge in [-0.3, -0.25) is 9.89 Å². The Balaban J connectivity index is 1.87. The number of nitrogens with zero attached hydrogens (tertiary/aromatic N) is 2. The lowest BCUT2D eigenvalue weighted by Crippen LogP contribution is -2.48. The molecule has 3 rings (SSSR count). The molecule has 0 radical (unpaired) electrons. The van der Waals surface area contributed by atoms with Crippen LogP contribution in [0.15, 0.2) is 0 Å². The first-order valence-electron chi connectivity index (χ1n) is 7.58. The third kappa shape index (κ3) is 2.24. The number of hydrogen-bond donors (Lipinski definition) is 2. The summed E-state index contributed by atoms with van der Waals surface area (Å²) < 4.78 is 0. The lowest BCUT2D eigenvalue weighted by molar-refractivity contribution is 0.0000690. The molecule has 20 heavy (non-hydrogen) atoms. The molecular weight excluding hydrogens is 254 g/mol. The standard InChI is InChI=1S/C15H23N3O2/c1-15(2,20)12-8-5-9-18(12)14(19)13-10-6-3-4-7-11(10)16-17-13/h12,20H,3-9H2,1-2H3,(H,16,17). The number of amides is 1. The Morgan fingerprint density at radius 3 is 2.85 bits per heavy atom. The summed E-state index contributed by atoms with van der Waals surface area (Å²) in [6.45, 7) is 4.28. The molecule has 1 saturated heterocycles. The van der Waals surface area contributed by atoms with Gasteiger partial charge in [0, 0.05) is 17.8 Å². The van der Waals surface area contributed by atoms with Crippen LogP contribution in [0, 0.1) is 0 Å². The van der Waals surface area contributed by atoms with E-state index in [0.717, 1.165) is 49.9 Å². The molecule has 1 aliphatic carbocycles. The minimum atomic E-state index is -0.859. The van der Waals surface area contributed by atoms with E-state index in [2.05, 4.69) is 10.2 Å². The number of carbonyl (C=O) groups is 1. The predicted octanol–water partition coefficient (Wildman–Crippen LogP) is 1.66. The van der Waals surface area contributed by atoms with Crippen LogP contribution in [0.25, 0.3) is 0 Å². The first-order chi connectivity index (χ1) is 9.48. The van der Waals surface area contributed by atoms with Crippen LogP contribution in [0.2, 0.25) is 0 Å². The summed E-state index contributed by atoms with van der Waals surface area (Å²) in [7, 11) is 0. The number of carbonyl (C=O) groups excluding carboxylic acids is 1. The Bertz CT molecular complexity index is 516. The van der Waals surface area contributed by atoms with Gasteiger partial charge < -0.3 is 10.0 Å². The van der Waals surface area contributed by atoms with Crippen molar-refractivity contribution in [1.29, 1.82) is 0 Å². The van der Waals surface area contributed by atoms with E-state index in [1.807, 2.05) is 4.90 Å². The van der Waals surface area contributed by atoms with Gasteiger partial charge >= 0.3 is 0 Å². The maximum absolute atomic E-state index is 12.8. The van der Waals surface area contributed by atoms with Gasteiger partial charge in [0.2, 0.25) is 0 Å². The van der Waals surface area contributed by atoms with Crippen molar-refractivity contribution in [2.75, 3.05) is 6.54 Å². The summed E-state index contributed by atoms with van der Waals surface area (Å²) in [4.78, 5) is 14.6. The van der Waals surface area contributed by atoms with Gasteiger partial charge in [-0.05, 0) is 52.4 Å². The third-order valence-electron chi connectivity index (χ3n) is 4.59. The lowest BCUT2D eigenvalue weighted by atomic mass is 9.94. The summed E-state index contributed by atoms with van der Waals surface area (Å²) >= 11 is 0. The molecule has 5 heteroatoms. The SMILES string of the molecule is CC(C)(O)C1CCCN1C(=O)c1n[nH]c2c1CCCC2. The number of rotatable bonds is 2. The molecule has 1 aromatic rings. The molecule has 1 fully saturated rings. The summed E-state index contributed by atoms with van der Waals surface area (Å²) in [5.74, 6) is -0.0194. The maximum Gasteiger partial charge on any atom is 0.274 e. The molecule has 2 N–H and O–H groups in total. The Morgan fingerprint density at radius 2 is 2.10 bits per heavy atom. The number of likely N-dealkylation sites (tertiary alicyclic amines) is 1. The molecule has 0 spiro atoms. The van der Waals surface area contributed by atoms with Gasteiger partial charge in [0.15, 0.2) is 5.69 Å². The predicted molar refractivity (Wildman–Crippen MR) is 75.6 cm³/mol. The van der Waals surface area contributed by atoms with Gasteiger partial charge in [0.25, 0.3) is 5.91 Å². The van der Waals surface area contributed by atoms with Crippen LogP contribution in [-0.2, 0) is 12.8 Å². The fourth-order valence-corrected chi connectivity index (χ4v) is 3.54. The molecule has 5 nitrogen and oxygen atoms in total. The highest BCUT2D eigenvalue weighted by molar-refractivity contribution is 5.94. The molecule has 1 unspecified atom stereocenters. The average Bonchev–Trinajstić information content (AvgIpc) is 3.04. The van der Waals surface area contributed by atoms with Gasteiger partial charge in [-0.2, -0.15) is 5.10 Å². The van der Waals surface area contributed by atoms with Crippen molar-refractivity contribution in [3.8, 4) is 0 Å². The van der Waals surface area contributed by atoms with Crippen LogP contribution < -0.4 is 0 Å². The third-order valence-corrected chi connectivity index (χ3v) is 4.59. The van der Waals surface area contributed by atoms with Crippen LogP contribution in [0.3, 0.4) is 0 Å². The molecule has 2 heterocycles. The minimum absolute atomic E-state index is 0.0194. The van der Waals surface area contributed by atoms with E-state index in [1.54, 1.807) is 13.8 Å². The number of aliphatic hydroxyl groups is 1. The van der Waals surface area contributed by atoms with Crippen LogP contribution in [0.5, 0.6) is 0 Å². The summed E-state index contributed by atoms with van der Waals surface area (Å²) in [6, 6.07) is -0.106. The fraction of sp³-hybridized carbons (Fsp3) is 0.733. The Morgan fingerprint density at radius 1 is 1.35 bits per heavy atom. The van der Waals surface area contributed by atoms with Gasteiger partial charge in [-0.1, -0.05) is 0 Å². The number of nitrogens with one attached hydrogen (secondary N) is 1. The van der Waals surface area contributed by atoms with Gasteiger partial charge in [-0.25, -0.2) is 0 Å². The van der Waals surface area contributed by atoms with Crippen molar-refractivity contribution in [1.82, 2.24) is 15.1 Å². The normalized spacial score (nSPS) is 22.9. The van der Waals surface area contributed by atoms with Gasteiger partial charge in [0.1, 0.15) is 0 Å². The highest BCUT2D eigenvalue weighted by atomic mass is 16.3. The van der Waals surface area contributed by atoms with Crippen molar-refractivity contribution >= 4 is 5.91 Å². The minimum Gasteiger partial charge on any atom is -0.388 e. The zero-order valence-electron chi connectivity index (χ0n) is 12.3. The second kappa shape index (κ2) is 4.88. The zero-order valence-corrected chi connectivity index (χ0v) is 12.3. The summed E-state index contributed by atoms with van der Waals surface area (Å²) in [5.41, 5.74) is 1.94. The summed E-state index contributed by atoms with van der Waals surface area (Å²) in [6.07, 6.45) is 6.04. The van der Waals surface area contributed by atoms with Crippen molar-refractivity contribution in [3.05, 3.63) is 17.0 Å². The van der Waals surface area contributed by atoms with Crippen molar-refractivity contribution in [2.24, 2.45) is 0 Å². The molecule has 1 aromatic heterocycles. The lowest BCUT2D eigenvalue weighted by Gasteiger charge is -2.33. The van der Waals surface area contributed by atoms with E-state index >= 15 is 0 Å². The molecule has 110 valence electrons. The van der Waals surface area contributed by atoms with E-state index in [9.17, 15) is 9.90 Å². The summed E-state index contributed by atoms with van der Waals surface area (Å²) in [5, 5.41) is 17.5. The number of H-pyrrole nitrogens is 1. The average molecular weight is 277 g/mol. The monoisotopic (exact) mass is 277 g/mol. The first kappa shape index (κ1) is 13.6. The molecule has 1 amide bonds. The van der Waals surface area contributed by atoms with Crippen molar-refractivity contribution in [3.63, 3.8) is 0 Å². The van der Waals surface area contributed by atoms with Crippen molar-refractivity contribution < 1.29 is 9.90 Å². The Kier molecular flexibility index (Phi) is 3.32. The van der Waals surface area contributed by atoms with Crippen LogP contribution in [-0.4, -0.2) is 44.3 Å². The van der Waals surface area contributed by atoms with Crippen LogP contribution >= 0.6 is 0 Å². The second-order valence-electron chi connectivity index (χ2n) is 6.55. The molecular formula is C15H23N3O2. The topological polar surface area (TPSA) is 69.2 Å². The van der Waals surface area contributed by atoms with E-state index < -0.39 is 5.60 Å². The number of hydrogen-bond acceptors (Lipinski definition) is 3. The van der Waals surface area contributed by atoms with E-state index in [4.69, 9.17) is 0 Å². The second-order valence-corrected chi connectivity index (χ2v) is 6.55. The zero-order chi connectivity index (χ0) is 14.3. The molecule has 0 saturated carbocycles. The number of aryl methyl sites for hydroxylation is 1. The van der Waals surface area contributed by atoms with Crippen LogP contribution in [0.1, 0.15) is 61.3 Å². The van der Waals surface area contributed by atoms with Gasteiger partial charge in [0.05, 0.1) is 11.6 Å². The number of aromatic amines is 1. The van der Waals surface area contributed by atoms with Crippen molar-refractivity contribution in [2.45, 2.75) is 64.0 Å². The number of fused-ring (bicyclic) bond motifs is 1. The first-order valence-corrected chi connectivity index (χ1v) is 7.58. The van der Waals surface area contributed by atoms with Gasteiger partial charge in [-0.15, -0.1) is 0 Å². The van der Waals surface area contributed by atoms with E-state index in [-0.39, 0.29) is 11.9 Å². The van der Waals surface area contributed by atoms with E-state index in [1.165, 1.54) is 6.42 Å². The van der Waals surface area contributed by atoms with E-state index in [0.29, 0.717) is 5.69 Å². The fourth-order valence-electron chi connectivity index (χ4n) is 3.54. The Labute approximate surface area is 119 Å². The molecule has 2 aliphatic rings. The molecule has 0 aromatic carbocycles. The molecule has 1 atom stereocenters. The highest BCUT2D eigenvalue weighted by Crippen LogP contribution is 2.30. The molecule has 0 bridgehead atoms. The molecule has 1 aliphatic heterocycles.